The van der Waals surface area contributed by atoms with E-state index in [1.807, 2.05) is 0 Å². The number of rotatable bonds is 30. The molecule has 0 saturated carbocycles. The van der Waals surface area contributed by atoms with Gasteiger partial charge in [-0.15, -0.1) is 0 Å². The van der Waals surface area contributed by atoms with Crippen molar-refractivity contribution in [3.63, 3.8) is 0 Å². The van der Waals surface area contributed by atoms with E-state index in [9.17, 15) is 4.79 Å². The first-order valence-electron chi connectivity index (χ1n) is 16.9. The fourth-order valence-electron chi connectivity index (χ4n) is 4.69. The number of carbonyl (C=O) groups is 1. The van der Waals surface area contributed by atoms with Crippen molar-refractivity contribution in [1.29, 1.82) is 0 Å². The smallest absolute Gasteiger partial charge is 0.305 e. The molecule has 0 aliphatic carbocycles. The van der Waals surface area contributed by atoms with Crippen LogP contribution in [-0.4, -0.2) is 12.6 Å². The summed E-state index contributed by atoms with van der Waals surface area (Å²) in [6.45, 7) is 5.14. The summed E-state index contributed by atoms with van der Waals surface area (Å²) in [5, 5.41) is 0. The zero-order valence-corrected chi connectivity index (χ0v) is 25.9. The fourth-order valence-corrected chi connectivity index (χ4v) is 4.69. The SMILES string of the molecule is CCCCCC=CCC=CCCCCCCCCOC(=O)CCCCCCC/C=C\CCCCCCCC. The van der Waals surface area contributed by atoms with Crippen LogP contribution in [0.1, 0.15) is 181 Å². The molecule has 222 valence electrons. The van der Waals surface area contributed by atoms with Crippen LogP contribution in [0.15, 0.2) is 36.5 Å². The molecule has 0 aromatic heterocycles. The molecule has 0 saturated heterocycles. The summed E-state index contributed by atoms with van der Waals surface area (Å²) in [6.07, 6.45) is 46.2. The van der Waals surface area contributed by atoms with E-state index >= 15 is 0 Å². The highest BCUT2D eigenvalue weighted by molar-refractivity contribution is 5.69. The summed E-state index contributed by atoms with van der Waals surface area (Å²) < 4.78 is 5.42. The standard InChI is InChI=1S/C36H66O2/c1-3-5-7-9-11-13-15-17-19-21-23-25-27-29-31-33-35-38-36(37)34-32-30-28-26-24-22-20-18-16-14-12-10-8-6-4-2/h11,13,17-20H,3-10,12,14-16,21-35H2,1-2H3/b13-11?,19-17?,20-18-. The predicted molar refractivity (Wildman–Crippen MR) is 170 cm³/mol. The molecule has 0 amide bonds. The minimum atomic E-state index is 0.00483. The van der Waals surface area contributed by atoms with E-state index in [4.69, 9.17) is 4.74 Å². The molecule has 0 heterocycles. The molecule has 0 aromatic rings. The van der Waals surface area contributed by atoms with Gasteiger partial charge < -0.3 is 4.74 Å². The van der Waals surface area contributed by atoms with Gasteiger partial charge >= 0.3 is 5.97 Å². The average Bonchev–Trinajstić information content (AvgIpc) is 2.92. The van der Waals surface area contributed by atoms with Crippen LogP contribution in [0.4, 0.5) is 0 Å². The highest BCUT2D eigenvalue weighted by Crippen LogP contribution is 2.11. The van der Waals surface area contributed by atoms with E-state index in [2.05, 4.69) is 50.3 Å². The second kappa shape index (κ2) is 33.7. The van der Waals surface area contributed by atoms with Crippen LogP contribution in [0, 0.1) is 0 Å². The Bertz CT molecular complexity index is 546. The maximum absolute atomic E-state index is 11.9. The lowest BCUT2D eigenvalue weighted by molar-refractivity contribution is -0.143. The van der Waals surface area contributed by atoms with Gasteiger partial charge in [-0.25, -0.2) is 0 Å². The van der Waals surface area contributed by atoms with Crippen molar-refractivity contribution in [2.45, 2.75) is 181 Å². The largest absolute Gasteiger partial charge is 0.466 e. The highest BCUT2D eigenvalue weighted by Gasteiger charge is 2.02. The second-order valence-corrected chi connectivity index (χ2v) is 11.1. The summed E-state index contributed by atoms with van der Waals surface area (Å²) in [5.41, 5.74) is 0. The summed E-state index contributed by atoms with van der Waals surface area (Å²) in [6, 6.07) is 0. The first-order valence-corrected chi connectivity index (χ1v) is 16.9. The quantitative estimate of drug-likeness (QED) is 0.0524. The van der Waals surface area contributed by atoms with Gasteiger partial charge in [0.15, 0.2) is 0 Å². The van der Waals surface area contributed by atoms with Crippen LogP contribution in [-0.2, 0) is 9.53 Å². The molecule has 0 aliphatic rings. The van der Waals surface area contributed by atoms with Gasteiger partial charge in [-0.3, -0.25) is 4.79 Å². The number of carbonyl (C=O) groups excluding carboxylic acids is 1. The monoisotopic (exact) mass is 531 g/mol. The maximum Gasteiger partial charge on any atom is 0.305 e. The molecule has 2 heteroatoms. The summed E-state index contributed by atoms with van der Waals surface area (Å²) in [7, 11) is 0. The molecule has 0 unspecified atom stereocenters. The third kappa shape index (κ3) is 32.7. The van der Waals surface area contributed by atoms with E-state index in [0.29, 0.717) is 13.0 Å². The number of hydrogen-bond donors (Lipinski definition) is 0. The maximum atomic E-state index is 11.9. The molecule has 0 fully saturated rings. The van der Waals surface area contributed by atoms with Crippen LogP contribution >= 0.6 is 0 Å². The molecule has 0 bridgehead atoms. The van der Waals surface area contributed by atoms with Crippen LogP contribution < -0.4 is 0 Å². The van der Waals surface area contributed by atoms with Crippen molar-refractivity contribution in [2.24, 2.45) is 0 Å². The Morgan fingerprint density at radius 1 is 0.447 bits per heavy atom. The molecule has 0 atom stereocenters. The van der Waals surface area contributed by atoms with Gasteiger partial charge in [0, 0.05) is 6.42 Å². The first kappa shape index (κ1) is 36.7. The van der Waals surface area contributed by atoms with Crippen molar-refractivity contribution in [2.75, 3.05) is 6.61 Å². The van der Waals surface area contributed by atoms with Gasteiger partial charge in [0.25, 0.3) is 0 Å². The van der Waals surface area contributed by atoms with Gasteiger partial charge in [0.1, 0.15) is 0 Å². The van der Waals surface area contributed by atoms with Crippen molar-refractivity contribution >= 4 is 5.97 Å². The minimum absolute atomic E-state index is 0.00483. The van der Waals surface area contributed by atoms with Crippen LogP contribution in [0.2, 0.25) is 0 Å². The normalized spacial score (nSPS) is 11.9. The van der Waals surface area contributed by atoms with E-state index in [1.54, 1.807) is 0 Å². The number of ether oxygens (including phenoxy) is 1. The molecule has 0 aromatic carbocycles. The summed E-state index contributed by atoms with van der Waals surface area (Å²) >= 11 is 0. The van der Waals surface area contributed by atoms with E-state index < -0.39 is 0 Å². The van der Waals surface area contributed by atoms with Gasteiger partial charge in [0.05, 0.1) is 6.61 Å². The van der Waals surface area contributed by atoms with Gasteiger partial charge in [0.2, 0.25) is 0 Å². The van der Waals surface area contributed by atoms with Crippen molar-refractivity contribution in [3.8, 4) is 0 Å². The van der Waals surface area contributed by atoms with Crippen LogP contribution in [0.25, 0.3) is 0 Å². The minimum Gasteiger partial charge on any atom is -0.466 e. The van der Waals surface area contributed by atoms with Crippen molar-refractivity contribution in [1.82, 2.24) is 0 Å². The Morgan fingerprint density at radius 3 is 1.34 bits per heavy atom. The number of esters is 1. The third-order valence-electron chi connectivity index (χ3n) is 7.25. The van der Waals surface area contributed by atoms with Crippen molar-refractivity contribution < 1.29 is 9.53 Å². The summed E-state index contributed by atoms with van der Waals surface area (Å²) in [4.78, 5) is 11.9. The van der Waals surface area contributed by atoms with E-state index in [-0.39, 0.29) is 5.97 Å². The lowest BCUT2D eigenvalue weighted by atomic mass is 10.1. The zero-order valence-electron chi connectivity index (χ0n) is 25.9. The molecular formula is C36H66O2. The first-order chi connectivity index (χ1) is 18.8. The Labute approximate surface area is 239 Å². The Balaban J connectivity index is 3.26. The highest BCUT2D eigenvalue weighted by atomic mass is 16.5. The van der Waals surface area contributed by atoms with Crippen molar-refractivity contribution in [3.05, 3.63) is 36.5 Å². The zero-order chi connectivity index (χ0) is 27.6. The summed E-state index contributed by atoms with van der Waals surface area (Å²) in [5.74, 6) is 0.00483. The molecule has 0 radical (unpaired) electrons. The van der Waals surface area contributed by atoms with Crippen LogP contribution in [0.3, 0.4) is 0 Å². The van der Waals surface area contributed by atoms with Gasteiger partial charge in [-0.1, -0.05) is 140 Å². The molecule has 0 N–H and O–H groups in total. The molecule has 0 spiro atoms. The van der Waals surface area contributed by atoms with Gasteiger partial charge in [-0.2, -0.15) is 0 Å². The number of unbranched alkanes of at least 4 members (excludes halogenated alkanes) is 20. The average molecular weight is 531 g/mol. The predicted octanol–water partition coefficient (Wildman–Crippen LogP) is 12.4. The third-order valence-corrected chi connectivity index (χ3v) is 7.25. The Hall–Kier alpha value is -1.31. The Kier molecular flexibility index (Phi) is 32.6. The molecule has 0 rings (SSSR count). The molecule has 0 aliphatic heterocycles. The van der Waals surface area contributed by atoms with E-state index in [1.165, 1.54) is 135 Å². The molecule has 2 nitrogen and oxygen atoms in total. The lowest BCUT2D eigenvalue weighted by Crippen LogP contribution is -2.05. The van der Waals surface area contributed by atoms with Gasteiger partial charge in [-0.05, 0) is 70.6 Å². The Morgan fingerprint density at radius 2 is 0.816 bits per heavy atom. The second-order valence-electron chi connectivity index (χ2n) is 11.1. The van der Waals surface area contributed by atoms with E-state index in [0.717, 1.165) is 25.7 Å². The lowest BCUT2D eigenvalue weighted by Gasteiger charge is -2.05. The van der Waals surface area contributed by atoms with Crippen LogP contribution in [0.5, 0.6) is 0 Å². The number of allylic oxidation sites excluding steroid dienone is 6. The molecule has 38 heavy (non-hydrogen) atoms. The topological polar surface area (TPSA) is 26.3 Å². The fraction of sp³-hybridized carbons (Fsp3) is 0.806. The molecular weight excluding hydrogens is 464 g/mol. The number of hydrogen-bond acceptors (Lipinski definition) is 2.